The smallest absolute Gasteiger partial charge is 0.413 e. The van der Waals surface area contributed by atoms with E-state index in [0.717, 1.165) is 28.3 Å². The molecule has 0 radical (unpaired) electrons. The van der Waals surface area contributed by atoms with Gasteiger partial charge in [0, 0.05) is 58.2 Å². The molecule has 6 aromatic heterocycles. The Morgan fingerprint density at radius 2 is 1.13 bits per heavy atom. The lowest BCUT2D eigenvalue weighted by Crippen LogP contribution is -2.32. The standard InChI is InChI=1S/C21H15F4N5O3S.C11H11N3O2S.C10H5BrF4N2O/c1-13-4-2-6-18(27-13)30(34(31,32)16-5-3-9-26-11-16)12-15-8-7-14(10-17(15)22)19-28-29-20(33-19)21(23,24)25;1-9-4-2-6-11(13-9)14-17(15,16)10-5-3-7-12-8-10;11-4-6-2-1-5(3-7(6)12)8-16-17-9(18-8)10(13,14)15/h2-11H,12H2,1H3;2-8H,1H3,(H,13,14);1-3H,4H2. The van der Waals surface area contributed by atoms with E-state index in [1.54, 1.807) is 50.2 Å². The Morgan fingerprint density at radius 1 is 0.623 bits per heavy atom. The molecule has 6 heterocycles. The summed E-state index contributed by atoms with van der Waals surface area (Å²) in [6.07, 6.45) is -4.17. The summed E-state index contributed by atoms with van der Waals surface area (Å²) in [5.74, 6) is -5.01. The second-order valence-electron chi connectivity index (χ2n) is 13.9. The fraction of sp³-hybridized carbons (Fsp3) is 0.143. The highest BCUT2D eigenvalue weighted by Gasteiger charge is 2.39. The maximum atomic E-state index is 15.0. The molecule has 2 aromatic carbocycles. The van der Waals surface area contributed by atoms with Crippen LogP contribution in [0.15, 0.2) is 140 Å². The van der Waals surface area contributed by atoms with Gasteiger partial charge in [-0.25, -0.2) is 39.9 Å². The summed E-state index contributed by atoms with van der Waals surface area (Å²) in [4.78, 5) is 15.9. The number of aromatic nitrogens is 8. The first-order valence-corrected chi connectivity index (χ1v) is 23.3. The summed E-state index contributed by atoms with van der Waals surface area (Å²) in [6, 6.07) is 23.0. The van der Waals surface area contributed by atoms with E-state index < -0.39 is 68.3 Å². The lowest BCUT2D eigenvalue weighted by Gasteiger charge is -2.24. The van der Waals surface area contributed by atoms with Gasteiger partial charge in [-0.15, -0.1) is 20.4 Å². The predicted octanol–water partition coefficient (Wildman–Crippen LogP) is 9.76. The molecule has 1 N–H and O–H groups in total. The number of halogens is 9. The van der Waals surface area contributed by atoms with Gasteiger partial charge in [0.25, 0.3) is 20.0 Å². The molecule has 0 aliphatic carbocycles. The SMILES string of the molecule is Cc1cccc(N(Cc2ccc(-c3nnc(C(F)(F)F)o3)cc2F)S(=O)(=O)c2cccnc2)n1.Cc1cccc(NS(=O)(=O)c2cccnc2)n1.Fc1cc(-c2nnc(C(F)(F)F)o2)ccc1CBr. The fourth-order valence-electron chi connectivity index (χ4n) is 5.55. The Kier molecular flexibility index (Phi) is 15.8. The number of benzene rings is 2. The van der Waals surface area contributed by atoms with Crippen LogP contribution < -0.4 is 9.03 Å². The molecular formula is C42H31BrF8N10O6S2. The molecular weight excluding hydrogens is 1040 g/mol. The van der Waals surface area contributed by atoms with Crippen LogP contribution in [0.2, 0.25) is 0 Å². The third-order valence-electron chi connectivity index (χ3n) is 8.82. The van der Waals surface area contributed by atoms with Crippen LogP contribution in [-0.2, 0) is 44.3 Å². The predicted molar refractivity (Wildman–Crippen MR) is 233 cm³/mol. The van der Waals surface area contributed by atoms with Crippen molar-refractivity contribution in [3.05, 3.63) is 168 Å². The first-order chi connectivity index (χ1) is 32.5. The molecule has 0 saturated carbocycles. The first-order valence-electron chi connectivity index (χ1n) is 19.2. The number of rotatable bonds is 11. The molecule has 0 saturated heterocycles. The molecule has 8 rings (SSSR count). The van der Waals surface area contributed by atoms with Crippen LogP contribution in [0, 0.1) is 25.5 Å². The number of alkyl halides is 7. The molecule has 69 heavy (non-hydrogen) atoms. The van der Waals surface area contributed by atoms with E-state index in [0.29, 0.717) is 22.4 Å². The summed E-state index contributed by atoms with van der Waals surface area (Å²) in [5, 5.41) is 12.6. The van der Waals surface area contributed by atoms with E-state index in [4.69, 9.17) is 0 Å². The minimum absolute atomic E-state index is 0.0547. The van der Waals surface area contributed by atoms with Gasteiger partial charge in [0.15, 0.2) is 0 Å². The number of anilines is 2. The van der Waals surface area contributed by atoms with Crippen LogP contribution >= 0.6 is 15.9 Å². The fourth-order valence-corrected chi connectivity index (χ4v) is 8.32. The minimum atomic E-state index is -4.84. The third kappa shape index (κ3) is 13.3. The molecule has 0 spiro atoms. The zero-order valence-corrected chi connectivity index (χ0v) is 38.4. The molecule has 360 valence electrons. The molecule has 0 aliphatic heterocycles. The van der Waals surface area contributed by atoms with Crippen molar-refractivity contribution in [2.45, 2.75) is 47.9 Å². The Labute approximate surface area is 394 Å². The van der Waals surface area contributed by atoms with Gasteiger partial charge in [0.2, 0.25) is 11.8 Å². The van der Waals surface area contributed by atoms with Crippen molar-refractivity contribution in [2.24, 2.45) is 0 Å². The van der Waals surface area contributed by atoms with Crippen LogP contribution in [0.25, 0.3) is 22.9 Å². The van der Waals surface area contributed by atoms with Crippen molar-refractivity contribution >= 4 is 47.6 Å². The number of hydrogen-bond donors (Lipinski definition) is 1. The summed E-state index contributed by atoms with van der Waals surface area (Å²) < 4.78 is 166. The second kappa shape index (κ2) is 21.4. The van der Waals surface area contributed by atoms with Crippen molar-refractivity contribution in [1.82, 2.24) is 40.3 Å². The van der Waals surface area contributed by atoms with Gasteiger partial charge in [-0.2, -0.15) is 26.3 Å². The number of aryl methyl sites for hydroxylation is 2. The number of nitrogens with one attached hydrogen (secondary N) is 1. The van der Waals surface area contributed by atoms with Crippen LogP contribution in [0.5, 0.6) is 0 Å². The van der Waals surface area contributed by atoms with Crippen molar-refractivity contribution in [3.8, 4) is 22.9 Å². The topological polar surface area (TPSA) is 213 Å². The van der Waals surface area contributed by atoms with Crippen LogP contribution in [0.4, 0.5) is 46.8 Å². The quantitative estimate of drug-likeness (QED) is 0.0944. The van der Waals surface area contributed by atoms with Crippen molar-refractivity contribution in [3.63, 3.8) is 0 Å². The van der Waals surface area contributed by atoms with Gasteiger partial charge in [0.05, 0.1) is 6.54 Å². The van der Waals surface area contributed by atoms with Gasteiger partial charge >= 0.3 is 24.1 Å². The highest BCUT2D eigenvalue weighted by atomic mass is 79.9. The maximum absolute atomic E-state index is 15.0. The second-order valence-corrected chi connectivity index (χ2v) is 18.0. The highest BCUT2D eigenvalue weighted by molar-refractivity contribution is 9.08. The summed E-state index contributed by atoms with van der Waals surface area (Å²) in [6.45, 7) is 3.02. The molecule has 27 heteroatoms. The summed E-state index contributed by atoms with van der Waals surface area (Å²) in [5.41, 5.74) is 1.61. The highest BCUT2D eigenvalue weighted by Crippen LogP contribution is 2.33. The third-order valence-corrected chi connectivity index (χ3v) is 12.5. The van der Waals surface area contributed by atoms with E-state index >= 15 is 0 Å². The van der Waals surface area contributed by atoms with Gasteiger partial charge < -0.3 is 8.83 Å². The van der Waals surface area contributed by atoms with Crippen LogP contribution in [0.3, 0.4) is 0 Å². The lowest BCUT2D eigenvalue weighted by molar-refractivity contribution is -0.157. The number of nitrogens with zero attached hydrogens (tertiary/aromatic N) is 9. The Morgan fingerprint density at radius 3 is 1.58 bits per heavy atom. The molecule has 0 bridgehead atoms. The van der Waals surface area contributed by atoms with Crippen molar-refractivity contribution in [1.29, 1.82) is 0 Å². The van der Waals surface area contributed by atoms with E-state index in [9.17, 15) is 52.0 Å². The zero-order chi connectivity index (χ0) is 50.1. The molecule has 0 amide bonds. The van der Waals surface area contributed by atoms with Crippen LogP contribution in [0.1, 0.15) is 34.3 Å². The van der Waals surface area contributed by atoms with Gasteiger partial charge in [-0.1, -0.05) is 40.2 Å². The average Bonchev–Trinajstić information content (AvgIpc) is 4.02. The largest absolute Gasteiger partial charge is 0.470 e. The summed E-state index contributed by atoms with van der Waals surface area (Å²) >= 11 is 3.08. The molecule has 0 unspecified atom stereocenters. The van der Waals surface area contributed by atoms with E-state index in [-0.39, 0.29) is 38.2 Å². The maximum Gasteiger partial charge on any atom is 0.470 e. The van der Waals surface area contributed by atoms with E-state index in [1.807, 2.05) is 0 Å². The molecule has 0 aliphatic rings. The van der Waals surface area contributed by atoms with Crippen LogP contribution in [-0.4, -0.2) is 57.2 Å². The molecule has 0 fully saturated rings. The van der Waals surface area contributed by atoms with E-state index in [2.05, 4.69) is 69.8 Å². The summed E-state index contributed by atoms with van der Waals surface area (Å²) in [7, 11) is -7.79. The number of pyridine rings is 4. The monoisotopic (exact) mass is 1070 g/mol. The van der Waals surface area contributed by atoms with Crippen molar-refractivity contribution < 1.29 is 60.8 Å². The molecule has 16 nitrogen and oxygen atoms in total. The zero-order valence-electron chi connectivity index (χ0n) is 35.2. The van der Waals surface area contributed by atoms with Gasteiger partial charge in [0.1, 0.15) is 33.1 Å². The van der Waals surface area contributed by atoms with Gasteiger partial charge in [-0.3, -0.25) is 14.7 Å². The number of sulfonamides is 2. The average molecular weight is 1070 g/mol. The van der Waals surface area contributed by atoms with Gasteiger partial charge in [-0.05, 0) is 92.2 Å². The van der Waals surface area contributed by atoms with Crippen molar-refractivity contribution in [2.75, 3.05) is 9.03 Å². The minimum Gasteiger partial charge on any atom is -0.413 e. The Balaban J connectivity index is 0.000000188. The Bertz CT molecular complexity index is 3260. The lowest BCUT2D eigenvalue weighted by atomic mass is 10.1. The first kappa shape index (κ1) is 51.1. The molecule has 0 atom stereocenters. The molecule has 8 aromatic rings. The normalized spacial score (nSPS) is 11.8. The van der Waals surface area contributed by atoms with E-state index in [1.165, 1.54) is 67.1 Å². The number of hydrogen-bond acceptors (Lipinski definition) is 14. The Hall–Kier alpha value is -7.26.